The van der Waals surface area contributed by atoms with Gasteiger partial charge in [0.15, 0.2) is 4.32 Å². The van der Waals surface area contributed by atoms with Gasteiger partial charge >= 0.3 is 0 Å². The smallest absolute Gasteiger partial charge is 0.151 e. The Morgan fingerprint density at radius 1 is 1.40 bits per heavy atom. The Morgan fingerprint density at radius 2 is 1.93 bits per heavy atom. The second kappa shape index (κ2) is 5.44. The van der Waals surface area contributed by atoms with Crippen LogP contribution >= 0.6 is 47.8 Å². The molecule has 0 saturated heterocycles. The zero-order chi connectivity index (χ0) is 11.5. The van der Waals surface area contributed by atoms with E-state index in [0.717, 1.165) is 4.47 Å². The summed E-state index contributed by atoms with van der Waals surface area (Å²) in [5, 5.41) is 19.3. The highest BCUT2D eigenvalue weighted by Crippen LogP contribution is 2.35. The quantitative estimate of drug-likeness (QED) is 0.793. The van der Waals surface area contributed by atoms with Crippen LogP contribution in [0.25, 0.3) is 0 Å². The molecule has 0 aliphatic carbocycles. The minimum atomic E-state index is -0.985. The van der Waals surface area contributed by atoms with Crippen molar-refractivity contribution in [1.82, 2.24) is 0 Å². The predicted octanol–water partition coefficient (Wildman–Crippen LogP) is 3.53. The predicted molar refractivity (Wildman–Crippen MR) is 70.2 cm³/mol. The number of alkyl halides is 2. The zero-order valence-electron chi connectivity index (χ0n) is 7.62. The maximum absolute atomic E-state index is 10.0. The van der Waals surface area contributed by atoms with Gasteiger partial charge in [-0.15, -0.1) is 0 Å². The summed E-state index contributed by atoms with van der Waals surface area (Å²) in [6.07, 6.45) is -0.866. The van der Waals surface area contributed by atoms with E-state index in [0.29, 0.717) is 10.9 Å². The van der Waals surface area contributed by atoms with E-state index in [1.165, 1.54) is 0 Å². The van der Waals surface area contributed by atoms with E-state index < -0.39 is 10.4 Å². The van der Waals surface area contributed by atoms with Crippen LogP contribution in [0.5, 0.6) is 0 Å². The fourth-order valence-electron chi connectivity index (χ4n) is 1.07. The molecule has 0 aromatic heterocycles. The van der Waals surface area contributed by atoms with Gasteiger partial charge in [-0.25, -0.2) is 0 Å². The Labute approximate surface area is 114 Å². The number of benzene rings is 1. The van der Waals surface area contributed by atoms with E-state index in [-0.39, 0.29) is 0 Å². The summed E-state index contributed by atoms with van der Waals surface area (Å²) in [7, 11) is 0. The van der Waals surface area contributed by atoms with Crippen LogP contribution in [0, 0.1) is 11.3 Å². The molecule has 1 aromatic rings. The molecule has 1 N–H and O–H groups in total. The summed E-state index contributed by atoms with van der Waals surface area (Å²) in [6.45, 7) is 0. The first-order valence-electron chi connectivity index (χ1n) is 4.13. The number of nitrogens with zero attached hydrogens (tertiary/aromatic N) is 1. The van der Waals surface area contributed by atoms with Gasteiger partial charge in [0.05, 0.1) is 6.07 Å². The minimum absolute atomic E-state index is 0.355. The molecule has 15 heavy (non-hydrogen) atoms. The molecular weight excluding hydrogens is 390 g/mol. The van der Waals surface area contributed by atoms with Crippen LogP contribution in [0.1, 0.15) is 11.7 Å². The molecule has 0 heterocycles. The third-order valence-electron chi connectivity index (χ3n) is 2.00. The molecule has 0 spiro atoms. The van der Waals surface area contributed by atoms with Crippen molar-refractivity contribution < 1.29 is 5.11 Å². The number of aliphatic hydroxyl groups is 1. The van der Waals surface area contributed by atoms with Gasteiger partial charge in [-0.05, 0) is 17.7 Å². The van der Waals surface area contributed by atoms with Crippen LogP contribution in [0.15, 0.2) is 28.7 Å². The fourth-order valence-corrected chi connectivity index (χ4v) is 2.03. The average Bonchev–Trinajstić information content (AvgIpc) is 2.28. The first kappa shape index (κ1) is 13.2. The van der Waals surface area contributed by atoms with Gasteiger partial charge in [0.25, 0.3) is 0 Å². The number of hydrogen-bond acceptors (Lipinski definition) is 2. The van der Waals surface area contributed by atoms with Gasteiger partial charge < -0.3 is 5.11 Å². The monoisotopic (exact) mass is 395 g/mol. The van der Waals surface area contributed by atoms with Crippen molar-refractivity contribution in [1.29, 1.82) is 5.26 Å². The van der Waals surface area contributed by atoms with Gasteiger partial charge in [0.1, 0.15) is 6.10 Å². The molecule has 0 radical (unpaired) electrons. The molecular formula is C10H8Br3NO. The molecule has 0 fully saturated rings. The number of aliphatic hydroxyl groups excluding tert-OH is 1. The van der Waals surface area contributed by atoms with Crippen LogP contribution < -0.4 is 0 Å². The SMILES string of the molecule is N#CC(Br)(CBr)C(O)c1ccc(Br)cc1. The molecule has 1 rings (SSSR count). The Kier molecular flexibility index (Phi) is 4.78. The lowest BCUT2D eigenvalue weighted by Crippen LogP contribution is -2.29. The lowest BCUT2D eigenvalue weighted by atomic mass is 9.99. The highest BCUT2D eigenvalue weighted by Gasteiger charge is 2.35. The molecule has 0 bridgehead atoms. The van der Waals surface area contributed by atoms with Crippen molar-refractivity contribution in [3.05, 3.63) is 34.3 Å². The van der Waals surface area contributed by atoms with E-state index in [1.54, 1.807) is 12.1 Å². The third kappa shape index (κ3) is 3.04. The van der Waals surface area contributed by atoms with Crippen molar-refractivity contribution in [3.63, 3.8) is 0 Å². The lowest BCUT2D eigenvalue weighted by molar-refractivity contribution is 0.162. The van der Waals surface area contributed by atoms with E-state index in [2.05, 4.69) is 47.8 Å². The summed E-state index contributed by atoms with van der Waals surface area (Å²) in [6, 6.07) is 9.28. The number of rotatable bonds is 3. The zero-order valence-corrected chi connectivity index (χ0v) is 12.4. The molecule has 0 amide bonds. The lowest BCUT2D eigenvalue weighted by Gasteiger charge is -2.23. The average molecular weight is 398 g/mol. The largest absolute Gasteiger partial charge is 0.386 e. The van der Waals surface area contributed by atoms with Crippen LogP contribution in [0.2, 0.25) is 0 Å². The van der Waals surface area contributed by atoms with Crippen molar-refractivity contribution in [2.45, 2.75) is 10.4 Å². The Hall–Kier alpha value is 0.110. The van der Waals surface area contributed by atoms with E-state index in [9.17, 15) is 5.11 Å². The summed E-state index contributed by atoms with van der Waals surface area (Å²) >= 11 is 9.75. The molecule has 2 nitrogen and oxygen atoms in total. The van der Waals surface area contributed by atoms with Crippen molar-refractivity contribution >= 4 is 47.8 Å². The highest BCUT2D eigenvalue weighted by atomic mass is 79.9. The molecule has 5 heteroatoms. The maximum Gasteiger partial charge on any atom is 0.151 e. The van der Waals surface area contributed by atoms with Crippen LogP contribution in [-0.2, 0) is 0 Å². The summed E-state index contributed by atoms with van der Waals surface area (Å²) in [4.78, 5) is 0. The number of halogens is 3. The van der Waals surface area contributed by atoms with Crippen molar-refractivity contribution in [3.8, 4) is 6.07 Å². The first-order chi connectivity index (χ1) is 7.03. The van der Waals surface area contributed by atoms with Gasteiger partial charge in [-0.2, -0.15) is 5.26 Å². The molecule has 1 aromatic carbocycles. The molecule has 80 valence electrons. The number of hydrogen-bond donors (Lipinski definition) is 1. The molecule has 2 unspecified atom stereocenters. The fraction of sp³-hybridized carbons (Fsp3) is 0.300. The van der Waals surface area contributed by atoms with E-state index >= 15 is 0 Å². The third-order valence-corrected chi connectivity index (χ3v) is 5.06. The van der Waals surface area contributed by atoms with E-state index in [4.69, 9.17) is 5.26 Å². The first-order valence-corrected chi connectivity index (χ1v) is 6.84. The molecule has 0 saturated carbocycles. The molecule has 0 aliphatic heterocycles. The van der Waals surface area contributed by atoms with Crippen LogP contribution in [0.3, 0.4) is 0 Å². The van der Waals surface area contributed by atoms with Gasteiger partial charge in [0, 0.05) is 9.80 Å². The minimum Gasteiger partial charge on any atom is -0.386 e. The Morgan fingerprint density at radius 3 is 2.33 bits per heavy atom. The van der Waals surface area contributed by atoms with E-state index in [1.807, 2.05) is 18.2 Å². The van der Waals surface area contributed by atoms with Gasteiger partial charge in [-0.1, -0.05) is 59.9 Å². The standard InChI is InChI=1S/C10H8Br3NO/c11-5-10(13,6-14)9(15)7-1-3-8(12)4-2-7/h1-4,9,15H,5H2. The van der Waals surface area contributed by atoms with Gasteiger partial charge in [0.2, 0.25) is 0 Å². The second-order valence-electron chi connectivity index (χ2n) is 3.06. The summed E-state index contributed by atoms with van der Waals surface area (Å²) in [5.74, 6) is 0. The van der Waals surface area contributed by atoms with Crippen molar-refractivity contribution in [2.75, 3.05) is 5.33 Å². The van der Waals surface area contributed by atoms with Crippen molar-refractivity contribution in [2.24, 2.45) is 0 Å². The summed E-state index contributed by atoms with van der Waals surface area (Å²) < 4.78 is -0.0460. The summed E-state index contributed by atoms with van der Waals surface area (Å²) in [5.41, 5.74) is 0.705. The number of nitriles is 1. The normalized spacial score (nSPS) is 16.5. The Bertz CT molecular complexity index is 373. The topological polar surface area (TPSA) is 44.0 Å². The molecule has 0 aliphatic rings. The second-order valence-corrected chi connectivity index (χ2v) is 5.95. The van der Waals surface area contributed by atoms with Crippen LogP contribution in [-0.4, -0.2) is 14.8 Å². The van der Waals surface area contributed by atoms with Crippen LogP contribution in [0.4, 0.5) is 0 Å². The highest BCUT2D eigenvalue weighted by molar-refractivity contribution is 9.12. The van der Waals surface area contributed by atoms with Gasteiger partial charge in [-0.3, -0.25) is 0 Å². The molecule has 2 atom stereocenters. The maximum atomic E-state index is 10.0. The Balaban J connectivity index is 2.99.